The zero-order chi connectivity index (χ0) is 51.7. The topological polar surface area (TPSA) is 163 Å². The minimum absolute atomic E-state index is 0.147. The minimum Gasteiger partial charge on any atom is -0.507 e. The van der Waals surface area contributed by atoms with E-state index in [1.807, 2.05) is 36.4 Å². The van der Waals surface area contributed by atoms with Gasteiger partial charge in [-0.2, -0.15) is 5.26 Å². The van der Waals surface area contributed by atoms with Gasteiger partial charge in [-0.3, -0.25) is 4.99 Å². The molecular weight excluding hydrogens is 933 g/mol. The summed E-state index contributed by atoms with van der Waals surface area (Å²) in [5.74, 6) is 0.884. The number of ether oxygens (including phenoxy) is 6. The molecular formula is C62H60N2O10. The molecule has 7 rings (SSSR count). The molecule has 0 aliphatic heterocycles. The zero-order valence-electron chi connectivity index (χ0n) is 41.6. The fourth-order valence-corrected chi connectivity index (χ4v) is 7.67. The van der Waals surface area contributed by atoms with E-state index < -0.39 is 17.9 Å². The van der Waals surface area contributed by atoms with E-state index in [2.05, 4.69) is 18.0 Å². The Balaban J connectivity index is 0.781. The highest BCUT2D eigenvalue weighted by atomic mass is 16.5. The molecule has 0 amide bonds. The maximum Gasteiger partial charge on any atom is 0.343 e. The van der Waals surface area contributed by atoms with Gasteiger partial charge in [0, 0.05) is 23.9 Å². The first-order chi connectivity index (χ1) is 36.2. The fraction of sp³-hybridized carbons (Fsp3) is 0.242. The first kappa shape index (κ1) is 53.1. The largest absolute Gasteiger partial charge is 0.507 e. The highest BCUT2D eigenvalue weighted by Crippen LogP contribution is 2.27. The summed E-state index contributed by atoms with van der Waals surface area (Å²) in [7, 11) is 0. The van der Waals surface area contributed by atoms with Crippen molar-refractivity contribution in [3.05, 3.63) is 192 Å². The van der Waals surface area contributed by atoms with Crippen LogP contribution in [0.25, 0.3) is 11.1 Å². The number of carbonyl (C=O) groups excluding carboxylic acids is 3. The summed E-state index contributed by atoms with van der Waals surface area (Å²) >= 11 is 0. The van der Waals surface area contributed by atoms with Crippen molar-refractivity contribution >= 4 is 29.8 Å². The van der Waals surface area contributed by atoms with Crippen molar-refractivity contribution in [2.75, 3.05) is 19.8 Å². The summed E-state index contributed by atoms with van der Waals surface area (Å²) in [6, 6.07) is 48.1. The Hall–Kier alpha value is -8.69. The van der Waals surface area contributed by atoms with Crippen LogP contribution in [0.4, 0.5) is 5.69 Å². The number of aliphatic imine (C=N–C) groups is 1. The maximum atomic E-state index is 13.0. The second-order valence-corrected chi connectivity index (χ2v) is 17.5. The maximum absolute atomic E-state index is 13.0. The molecule has 0 aliphatic rings. The number of phenols is 1. The first-order valence-corrected chi connectivity index (χ1v) is 25.2. The number of aromatic hydroxyl groups is 1. The molecule has 0 aliphatic carbocycles. The molecule has 0 bridgehead atoms. The molecule has 0 atom stereocenters. The number of rotatable bonds is 27. The number of hydrogen-bond acceptors (Lipinski definition) is 12. The Labute approximate surface area is 432 Å². The predicted octanol–water partition coefficient (Wildman–Crippen LogP) is 14.5. The molecule has 0 saturated heterocycles. The number of phenolic OH excluding ortho intramolecular Hbond substituents is 1. The number of esters is 3. The van der Waals surface area contributed by atoms with E-state index >= 15 is 0 Å². The van der Waals surface area contributed by atoms with Gasteiger partial charge in [-0.15, -0.1) is 0 Å². The van der Waals surface area contributed by atoms with Crippen molar-refractivity contribution in [3.8, 4) is 57.4 Å². The Morgan fingerprint density at radius 3 is 1.36 bits per heavy atom. The van der Waals surface area contributed by atoms with E-state index in [1.54, 1.807) is 97.1 Å². The van der Waals surface area contributed by atoms with Gasteiger partial charge < -0.3 is 33.5 Å². The average molecular weight is 993 g/mol. The molecule has 0 radical (unpaired) electrons. The van der Waals surface area contributed by atoms with Crippen LogP contribution in [0.5, 0.6) is 40.2 Å². The molecule has 12 heteroatoms. The normalized spacial score (nSPS) is 10.9. The number of unbranched alkanes of at least 4 members (excludes halogenated alkanes) is 9. The molecule has 7 aromatic rings. The van der Waals surface area contributed by atoms with Crippen molar-refractivity contribution in [1.29, 1.82) is 5.26 Å². The van der Waals surface area contributed by atoms with Gasteiger partial charge in [0.15, 0.2) is 0 Å². The highest BCUT2D eigenvalue weighted by molar-refractivity contribution is 5.93. The molecule has 0 unspecified atom stereocenters. The molecule has 12 nitrogen and oxygen atoms in total. The quantitative estimate of drug-likeness (QED) is 0.0226. The molecule has 0 spiro atoms. The van der Waals surface area contributed by atoms with E-state index in [1.165, 1.54) is 75.1 Å². The monoisotopic (exact) mass is 992 g/mol. The van der Waals surface area contributed by atoms with Crippen LogP contribution < -0.4 is 28.4 Å². The van der Waals surface area contributed by atoms with Crippen molar-refractivity contribution in [2.24, 2.45) is 4.99 Å². The Morgan fingerprint density at radius 1 is 0.473 bits per heavy atom. The summed E-state index contributed by atoms with van der Waals surface area (Å²) in [4.78, 5) is 43.2. The standard InChI is InChI=1S/C62H60N2O10/c1-2-3-4-5-6-7-8-10-38-69-54-31-22-48(23-32-54)60(66)72-56-35-26-50(27-36-56)61(67)73-57-15-13-14-52(41-57)64-44-51-28-37-58(42-59(51)65)74-62(68)49-24-33-55(34-25-49)71-40-12-9-11-39-70-53-29-20-47(21-30-53)46-18-16-45(43-63)17-19-46/h13-37,41-42,44,65H,2-12,38-40H2,1H3. The van der Waals surface area contributed by atoms with Gasteiger partial charge in [0.2, 0.25) is 0 Å². The number of nitrogens with zero attached hydrogens (tertiary/aromatic N) is 2. The molecule has 378 valence electrons. The summed E-state index contributed by atoms with van der Waals surface area (Å²) in [6.45, 7) is 3.97. The van der Waals surface area contributed by atoms with Crippen LogP contribution in [-0.2, 0) is 0 Å². The van der Waals surface area contributed by atoms with Gasteiger partial charge in [0.05, 0.1) is 53.8 Å². The number of benzene rings is 7. The third-order valence-electron chi connectivity index (χ3n) is 11.9. The van der Waals surface area contributed by atoms with Crippen molar-refractivity contribution < 1.29 is 47.9 Å². The molecule has 74 heavy (non-hydrogen) atoms. The predicted molar refractivity (Wildman–Crippen MR) is 286 cm³/mol. The molecule has 1 N–H and O–H groups in total. The van der Waals surface area contributed by atoms with E-state index in [4.69, 9.17) is 33.7 Å². The van der Waals surface area contributed by atoms with Crippen LogP contribution in [0.1, 0.15) is 120 Å². The Kier molecular flexibility index (Phi) is 20.4. The van der Waals surface area contributed by atoms with Crippen LogP contribution in [0.3, 0.4) is 0 Å². The summed E-state index contributed by atoms with van der Waals surface area (Å²) in [5, 5.41) is 19.7. The van der Waals surface area contributed by atoms with E-state index in [-0.39, 0.29) is 28.6 Å². The molecule has 0 fully saturated rings. The summed E-state index contributed by atoms with van der Waals surface area (Å²) in [5.41, 5.74) is 4.48. The molecule has 0 aromatic heterocycles. The minimum atomic E-state index is -0.620. The lowest BCUT2D eigenvalue weighted by atomic mass is 10.0. The van der Waals surface area contributed by atoms with Gasteiger partial charge in [-0.1, -0.05) is 82.2 Å². The SMILES string of the molecule is CCCCCCCCCCOc1ccc(C(=O)Oc2ccc(C(=O)Oc3cccc(N=Cc4ccc(OC(=O)c5ccc(OCCCCCOc6ccc(-c7ccc(C#N)cc7)cc6)cc5)cc4O)c3)cc2)cc1. The van der Waals surface area contributed by atoms with Crippen LogP contribution in [0, 0.1) is 11.3 Å². The third-order valence-corrected chi connectivity index (χ3v) is 11.9. The second-order valence-electron chi connectivity index (χ2n) is 17.5. The zero-order valence-corrected chi connectivity index (χ0v) is 41.6. The third kappa shape index (κ3) is 17.0. The lowest BCUT2D eigenvalue weighted by Crippen LogP contribution is -2.10. The van der Waals surface area contributed by atoms with Crippen molar-refractivity contribution in [3.63, 3.8) is 0 Å². The lowest BCUT2D eigenvalue weighted by molar-refractivity contribution is 0.0723. The summed E-state index contributed by atoms with van der Waals surface area (Å²) in [6.07, 6.45) is 13.9. The van der Waals surface area contributed by atoms with Crippen LogP contribution >= 0.6 is 0 Å². The number of hydrogen-bond donors (Lipinski definition) is 1. The van der Waals surface area contributed by atoms with Gasteiger partial charge >= 0.3 is 17.9 Å². The number of nitriles is 1. The summed E-state index contributed by atoms with van der Waals surface area (Å²) < 4.78 is 34.3. The Morgan fingerprint density at radius 2 is 0.878 bits per heavy atom. The lowest BCUT2D eigenvalue weighted by Gasteiger charge is -2.09. The van der Waals surface area contributed by atoms with Crippen molar-refractivity contribution in [2.45, 2.75) is 77.6 Å². The number of carbonyl (C=O) groups is 3. The Bertz CT molecular complexity index is 2960. The van der Waals surface area contributed by atoms with Crippen LogP contribution in [0.15, 0.2) is 169 Å². The average Bonchev–Trinajstić information content (AvgIpc) is 3.43. The van der Waals surface area contributed by atoms with Crippen LogP contribution in [-0.4, -0.2) is 49.0 Å². The van der Waals surface area contributed by atoms with E-state index in [0.717, 1.165) is 49.0 Å². The fourth-order valence-electron chi connectivity index (χ4n) is 7.67. The van der Waals surface area contributed by atoms with Gasteiger partial charge in [-0.25, -0.2) is 14.4 Å². The molecule has 0 heterocycles. The second kappa shape index (κ2) is 28.4. The molecule has 0 saturated carbocycles. The van der Waals surface area contributed by atoms with Gasteiger partial charge in [-0.05, 0) is 158 Å². The highest BCUT2D eigenvalue weighted by Gasteiger charge is 2.14. The van der Waals surface area contributed by atoms with Crippen molar-refractivity contribution in [1.82, 2.24) is 0 Å². The van der Waals surface area contributed by atoms with E-state index in [9.17, 15) is 19.5 Å². The smallest absolute Gasteiger partial charge is 0.343 e. The van der Waals surface area contributed by atoms with Crippen LogP contribution in [0.2, 0.25) is 0 Å². The van der Waals surface area contributed by atoms with E-state index in [0.29, 0.717) is 59.3 Å². The van der Waals surface area contributed by atoms with Gasteiger partial charge in [0.25, 0.3) is 0 Å². The molecule has 7 aromatic carbocycles. The van der Waals surface area contributed by atoms with Gasteiger partial charge in [0.1, 0.15) is 40.2 Å². The first-order valence-electron chi connectivity index (χ1n) is 25.2.